The lowest BCUT2D eigenvalue weighted by atomic mass is 9.98. The van der Waals surface area contributed by atoms with Gasteiger partial charge in [-0.1, -0.05) is 35.8 Å². The summed E-state index contributed by atoms with van der Waals surface area (Å²) < 4.78 is 6.53. The zero-order chi connectivity index (χ0) is 16.1. The van der Waals surface area contributed by atoms with Gasteiger partial charge in [0.15, 0.2) is 6.61 Å². The van der Waals surface area contributed by atoms with E-state index < -0.39 is 0 Å². The minimum atomic E-state index is -0.173. The van der Waals surface area contributed by atoms with E-state index in [1.165, 1.54) is 11.1 Å². The highest BCUT2D eigenvalue weighted by molar-refractivity contribution is 9.10. The zero-order valence-corrected chi connectivity index (χ0v) is 14.6. The van der Waals surface area contributed by atoms with E-state index in [1.54, 1.807) is 0 Å². The van der Waals surface area contributed by atoms with Gasteiger partial charge >= 0.3 is 0 Å². The lowest BCUT2D eigenvalue weighted by molar-refractivity contribution is -0.118. The van der Waals surface area contributed by atoms with Gasteiger partial charge in [-0.05, 0) is 60.4 Å². The van der Waals surface area contributed by atoms with E-state index in [2.05, 4.69) is 48.1 Å². The minimum Gasteiger partial charge on any atom is -0.484 e. The summed E-state index contributed by atoms with van der Waals surface area (Å²) in [6, 6.07) is 13.4. The summed E-state index contributed by atoms with van der Waals surface area (Å²) in [6.45, 7) is 6.38. The predicted molar refractivity (Wildman–Crippen MR) is 93.5 cm³/mol. The molecule has 22 heavy (non-hydrogen) atoms. The molecule has 0 aliphatic rings. The molecular formula is C18H20BrNO2. The summed E-state index contributed by atoms with van der Waals surface area (Å²) >= 11 is 3.36. The number of ether oxygens (including phenoxy) is 1. The normalized spacial score (nSPS) is 10.6. The Balaban J connectivity index is 1.91. The van der Waals surface area contributed by atoms with Crippen molar-refractivity contribution in [3.8, 4) is 5.75 Å². The number of hydrogen-bond acceptors (Lipinski definition) is 2. The van der Waals surface area contributed by atoms with E-state index in [0.717, 1.165) is 10.2 Å². The summed E-state index contributed by atoms with van der Waals surface area (Å²) in [5, 5.41) is 2.80. The summed E-state index contributed by atoms with van der Waals surface area (Å²) in [7, 11) is 0. The second kappa shape index (κ2) is 7.45. The second-order valence-electron chi connectivity index (χ2n) is 5.52. The van der Waals surface area contributed by atoms with Crippen LogP contribution in [0.3, 0.4) is 0 Å². The first kappa shape index (κ1) is 16.6. The van der Waals surface area contributed by atoms with Crippen molar-refractivity contribution in [2.24, 2.45) is 0 Å². The van der Waals surface area contributed by atoms with E-state index in [4.69, 9.17) is 4.74 Å². The molecule has 0 saturated heterocycles. The number of halogens is 1. The van der Waals surface area contributed by atoms with Crippen molar-refractivity contribution in [1.29, 1.82) is 0 Å². The van der Waals surface area contributed by atoms with E-state index in [1.807, 2.05) is 36.4 Å². The van der Waals surface area contributed by atoms with Gasteiger partial charge in [0.05, 0.1) is 0 Å². The van der Waals surface area contributed by atoms with Crippen LogP contribution in [0, 0.1) is 6.92 Å². The van der Waals surface area contributed by atoms with Gasteiger partial charge in [0.25, 0.3) is 5.91 Å². The summed E-state index contributed by atoms with van der Waals surface area (Å²) in [4.78, 5) is 11.9. The third-order valence-corrected chi connectivity index (χ3v) is 3.89. The number of nitrogens with one attached hydrogen (secondary N) is 1. The van der Waals surface area contributed by atoms with Crippen molar-refractivity contribution < 1.29 is 9.53 Å². The van der Waals surface area contributed by atoms with Crippen LogP contribution in [0.4, 0.5) is 5.69 Å². The molecule has 0 spiro atoms. The highest BCUT2D eigenvalue weighted by Gasteiger charge is 2.07. The van der Waals surface area contributed by atoms with E-state index in [-0.39, 0.29) is 12.5 Å². The quantitative estimate of drug-likeness (QED) is 0.822. The predicted octanol–water partition coefficient (Wildman–Crippen LogP) is 4.90. The van der Waals surface area contributed by atoms with Gasteiger partial charge in [0, 0.05) is 10.2 Å². The average molecular weight is 362 g/mol. The fourth-order valence-electron chi connectivity index (χ4n) is 2.26. The molecule has 2 aromatic carbocycles. The second-order valence-corrected chi connectivity index (χ2v) is 6.43. The summed E-state index contributed by atoms with van der Waals surface area (Å²) in [5.41, 5.74) is 3.23. The third-order valence-electron chi connectivity index (χ3n) is 3.36. The van der Waals surface area contributed by atoms with Crippen LogP contribution in [0.15, 0.2) is 46.9 Å². The van der Waals surface area contributed by atoms with Crippen LogP contribution in [-0.4, -0.2) is 12.5 Å². The Morgan fingerprint density at radius 3 is 2.45 bits per heavy atom. The maximum absolute atomic E-state index is 11.9. The first-order valence-electron chi connectivity index (χ1n) is 7.24. The molecule has 0 saturated carbocycles. The molecule has 1 amide bonds. The van der Waals surface area contributed by atoms with Crippen LogP contribution >= 0.6 is 15.9 Å². The molecule has 0 atom stereocenters. The van der Waals surface area contributed by atoms with Crippen LogP contribution < -0.4 is 10.1 Å². The lowest BCUT2D eigenvalue weighted by Gasteiger charge is -2.12. The third kappa shape index (κ3) is 4.60. The van der Waals surface area contributed by atoms with Gasteiger partial charge in [-0.25, -0.2) is 0 Å². The van der Waals surface area contributed by atoms with Crippen molar-refractivity contribution >= 4 is 27.5 Å². The van der Waals surface area contributed by atoms with Crippen LogP contribution in [0.5, 0.6) is 5.75 Å². The zero-order valence-electron chi connectivity index (χ0n) is 13.0. The van der Waals surface area contributed by atoms with Crippen LogP contribution in [0.25, 0.3) is 0 Å². The number of hydrogen-bond donors (Lipinski definition) is 1. The van der Waals surface area contributed by atoms with Crippen molar-refractivity contribution in [3.05, 3.63) is 58.1 Å². The van der Waals surface area contributed by atoms with Crippen molar-refractivity contribution in [1.82, 2.24) is 0 Å². The fraction of sp³-hybridized carbons (Fsp3) is 0.278. The molecule has 0 radical (unpaired) electrons. The minimum absolute atomic E-state index is 0.00344. The monoisotopic (exact) mass is 361 g/mol. The van der Waals surface area contributed by atoms with Gasteiger partial charge in [-0.2, -0.15) is 0 Å². The molecule has 4 heteroatoms. The van der Waals surface area contributed by atoms with Crippen molar-refractivity contribution in [3.63, 3.8) is 0 Å². The molecule has 1 N–H and O–H groups in total. The van der Waals surface area contributed by atoms with Crippen molar-refractivity contribution in [2.75, 3.05) is 11.9 Å². The molecule has 0 fully saturated rings. The number of carbonyl (C=O) groups excluding carboxylic acids is 1. The largest absolute Gasteiger partial charge is 0.484 e. The average Bonchev–Trinajstić information content (AvgIpc) is 2.47. The van der Waals surface area contributed by atoms with Gasteiger partial charge in [0.1, 0.15) is 5.75 Å². The maximum atomic E-state index is 11.9. The molecule has 0 aromatic heterocycles. The Bertz CT molecular complexity index is 651. The summed E-state index contributed by atoms with van der Waals surface area (Å²) in [5.74, 6) is 1.02. The summed E-state index contributed by atoms with van der Waals surface area (Å²) in [6.07, 6.45) is 0. The molecule has 0 heterocycles. The standard InChI is InChI=1S/C18H20BrNO2/c1-12(2)17-9-8-16(10-13(17)3)22-11-18(21)20-15-6-4-14(19)5-7-15/h4-10,12H,11H2,1-3H3,(H,20,21). The highest BCUT2D eigenvalue weighted by Crippen LogP contribution is 2.23. The molecule has 0 unspecified atom stereocenters. The molecule has 116 valence electrons. The molecule has 0 bridgehead atoms. The number of benzene rings is 2. The Labute approximate surface area is 139 Å². The van der Waals surface area contributed by atoms with Crippen LogP contribution in [0.2, 0.25) is 0 Å². The Hall–Kier alpha value is -1.81. The van der Waals surface area contributed by atoms with E-state index in [9.17, 15) is 4.79 Å². The molecule has 3 nitrogen and oxygen atoms in total. The van der Waals surface area contributed by atoms with Crippen LogP contribution in [0.1, 0.15) is 30.9 Å². The number of carbonyl (C=O) groups is 1. The van der Waals surface area contributed by atoms with Crippen LogP contribution in [-0.2, 0) is 4.79 Å². The number of amides is 1. The molecule has 0 aliphatic heterocycles. The Kier molecular flexibility index (Phi) is 5.61. The van der Waals surface area contributed by atoms with E-state index in [0.29, 0.717) is 11.7 Å². The first-order valence-corrected chi connectivity index (χ1v) is 8.04. The number of anilines is 1. The smallest absolute Gasteiger partial charge is 0.262 e. The Morgan fingerprint density at radius 2 is 1.86 bits per heavy atom. The number of aryl methyl sites for hydroxylation is 1. The van der Waals surface area contributed by atoms with Crippen molar-refractivity contribution in [2.45, 2.75) is 26.7 Å². The topological polar surface area (TPSA) is 38.3 Å². The first-order chi connectivity index (χ1) is 10.5. The molecular weight excluding hydrogens is 342 g/mol. The lowest BCUT2D eigenvalue weighted by Crippen LogP contribution is -2.20. The maximum Gasteiger partial charge on any atom is 0.262 e. The Morgan fingerprint density at radius 1 is 1.18 bits per heavy atom. The van der Waals surface area contributed by atoms with Gasteiger partial charge in [-0.15, -0.1) is 0 Å². The fourth-order valence-corrected chi connectivity index (χ4v) is 2.53. The molecule has 2 aromatic rings. The van der Waals surface area contributed by atoms with Gasteiger partial charge in [0.2, 0.25) is 0 Å². The molecule has 2 rings (SSSR count). The number of rotatable bonds is 5. The SMILES string of the molecule is Cc1cc(OCC(=O)Nc2ccc(Br)cc2)ccc1C(C)C. The van der Waals surface area contributed by atoms with E-state index >= 15 is 0 Å². The van der Waals surface area contributed by atoms with Gasteiger partial charge in [-0.3, -0.25) is 4.79 Å². The highest BCUT2D eigenvalue weighted by atomic mass is 79.9. The van der Waals surface area contributed by atoms with Gasteiger partial charge < -0.3 is 10.1 Å². The molecule has 0 aliphatic carbocycles.